The number of carbonyl (C=O) groups excluding carboxylic acids is 1. The Morgan fingerprint density at radius 2 is 1.74 bits per heavy atom. The van der Waals surface area contributed by atoms with Crippen LogP contribution in [-0.4, -0.2) is 40.4 Å². The fourth-order valence-electron chi connectivity index (χ4n) is 4.19. The summed E-state index contributed by atoms with van der Waals surface area (Å²) in [5, 5.41) is 7.99. The highest BCUT2D eigenvalue weighted by Crippen LogP contribution is 2.39. The average molecular weight is 457 g/mol. The van der Waals surface area contributed by atoms with Crippen LogP contribution in [-0.2, 0) is 6.42 Å². The zero-order valence-electron chi connectivity index (χ0n) is 16.9. The molecule has 3 aromatic rings. The number of hydrogen-bond acceptors (Lipinski definition) is 4. The van der Waals surface area contributed by atoms with Crippen LogP contribution in [0.1, 0.15) is 35.3 Å². The second kappa shape index (κ2) is 8.54. The highest BCUT2D eigenvalue weighted by Gasteiger charge is 2.29. The van der Waals surface area contributed by atoms with Gasteiger partial charge in [0.15, 0.2) is 5.69 Å². The van der Waals surface area contributed by atoms with E-state index >= 15 is 0 Å². The molecule has 1 N–H and O–H groups in total. The van der Waals surface area contributed by atoms with E-state index < -0.39 is 0 Å². The molecule has 0 radical (unpaired) electrons. The van der Waals surface area contributed by atoms with E-state index in [-0.39, 0.29) is 5.91 Å². The van der Waals surface area contributed by atoms with Crippen LogP contribution < -0.4 is 10.2 Å². The van der Waals surface area contributed by atoms with Crippen molar-refractivity contribution in [1.29, 1.82) is 0 Å². The minimum absolute atomic E-state index is 0.191. The third-order valence-electron chi connectivity index (χ3n) is 5.69. The van der Waals surface area contributed by atoms with Gasteiger partial charge >= 0.3 is 0 Å². The van der Waals surface area contributed by atoms with Gasteiger partial charge in [0.25, 0.3) is 5.91 Å². The zero-order valence-corrected chi connectivity index (χ0v) is 18.4. The first-order valence-electron chi connectivity index (χ1n) is 10.5. The lowest BCUT2D eigenvalue weighted by atomic mass is 10.0. The minimum atomic E-state index is -0.191. The Balaban J connectivity index is 1.63. The first-order chi connectivity index (χ1) is 15.1. The number of aromatic nitrogens is 2. The highest BCUT2D eigenvalue weighted by molar-refractivity contribution is 6.31. The smallest absolute Gasteiger partial charge is 0.286 e. The molecule has 2 aliphatic heterocycles. The number of nitrogens with zero attached hydrogens (tertiary/aromatic N) is 3. The number of piperidine rings is 1. The third kappa shape index (κ3) is 4.03. The molecular weight excluding hydrogens is 435 g/mol. The van der Waals surface area contributed by atoms with Crippen LogP contribution in [0.3, 0.4) is 0 Å². The van der Waals surface area contributed by atoms with Crippen molar-refractivity contribution in [3.8, 4) is 22.7 Å². The number of carbonyl (C=O) groups is 1. The standard InChI is InChI=1S/C23H22Cl2N4O2/c24-15-4-7-17(8-5-15)29-22-18-9-6-16(25)14-20(18)31-13-10-19(22)21(26-29)23(30)27-28-11-2-1-3-12-28/h4-9,14H,1-3,10-13H2,(H,27,30). The van der Waals surface area contributed by atoms with Crippen molar-refractivity contribution in [1.82, 2.24) is 20.2 Å². The Bertz CT molecular complexity index is 1120. The summed E-state index contributed by atoms with van der Waals surface area (Å²) in [6.07, 6.45) is 3.93. The molecule has 0 bridgehead atoms. The molecule has 3 heterocycles. The SMILES string of the molecule is O=C(NN1CCCCC1)c1nn(-c2ccc(Cl)cc2)c2c1CCOc1cc(Cl)ccc1-2. The van der Waals surface area contributed by atoms with Crippen molar-refractivity contribution >= 4 is 29.1 Å². The van der Waals surface area contributed by atoms with E-state index in [1.54, 1.807) is 10.7 Å². The molecule has 0 spiro atoms. The molecule has 1 amide bonds. The molecule has 0 atom stereocenters. The van der Waals surface area contributed by atoms with E-state index in [1.165, 1.54) is 6.42 Å². The normalized spacial score (nSPS) is 16.1. The lowest BCUT2D eigenvalue weighted by molar-refractivity contribution is 0.0743. The summed E-state index contributed by atoms with van der Waals surface area (Å²) in [5.74, 6) is 0.493. The van der Waals surface area contributed by atoms with Crippen molar-refractivity contribution in [2.24, 2.45) is 0 Å². The topological polar surface area (TPSA) is 59.4 Å². The lowest BCUT2D eigenvalue weighted by Crippen LogP contribution is -2.45. The van der Waals surface area contributed by atoms with Gasteiger partial charge in [0.1, 0.15) is 5.75 Å². The lowest BCUT2D eigenvalue weighted by Gasteiger charge is -2.26. The summed E-state index contributed by atoms with van der Waals surface area (Å²) in [6, 6.07) is 13.0. The molecule has 1 saturated heterocycles. The summed E-state index contributed by atoms with van der Waals surface area (Å²) in [6.45, 7) is 2.16. The Morgan fingerprint density at radius 3 is 2.52 bits per heavy atom. The number of rotatable bonds is 3. The van der Waals surface area contributed by atoms with E-state index in [9.17, 15) is 4.79 Å². The molecule has 160 valence electrons. The van der Waals surface area contributed by atoms with E-state index in [0.717, 1.165) is 48.4 Å². The van der Waals surface area contributed by atoms with Crippen molar-refractivity contribution in [3.63, 3.8) is 0 Å². The van der Waals surface area contributed by atoms with Gasteiger partial charge in [-0.05, 0) is 55.3 Å². The Morgan fingerprint density at radius 1 is 1.00 bits per heavy atom. The second-order valence-electron chi connectivity index (χ2n) is 7.79. The van der Waals surface area contributed by atoms with Crippen LogP contribution in [0.4, 0.5) is 0 Å². The third-order valence-corrected chi connectivity index (χ3v) is 6.18. The molecule has 2 aliphatic rings. The second-order valence-corrected chi connectivity index (χ2v) is 8.66. The molecule has 5 rings (SSSR count). The van der Waals surface area contributed by atoms with Crippen molar-refractivity contribution < 1.29 is 9.53 Å². The molecule has 31 heavy (non-hydrogen) atoms. The molecular formula is C23H22Cl2N4O2. The number of hydrogen-bond donors (Lipinski definition) is 1. The van der Waals surface area contributed by atoms with Gasteiger partial charge in [0.05, 0.1) is 18.0 Å². The van der Waals surface area contributed by atoms with Gasteiger partial charge in [0.2, 0.25) is 0 Å². The van der Waals surface area contributed by atoms with Crippen molar-refractivity contribution in [2.45, 2.75) is 25.7 Å². The maximum atomic E-state index is 13.3. The predicted molar refractivity (Wildman–Crippen MR) is 121 cm³/mol. The van der Waals surface area contributed by atoms with Crippen LogP contribution in [0.25, 0.3) is 16.9 Å². The predicted octanol–water partition coefficient (Wildman–Crippen LogP) is 4.91. The van der Waals surface area contributed by atoms with Gasteiger partial charge in [-0.25, -0.2) is 9.69 Å². The summed E-state index contributed by atoms with van der Waals surface area (Å²) in [7, 11) is 0. The van der Waals surface area contributed by atoms with E-state index in [0.29, 0.717) is 34.5 Å². The Kier molecular flexibility index (Phi) is 5.61. The fourth-order valence-corrected chi connectivity index (χ4v) is 4.48. The number of nitrogens with one attached hydrogen (secondary N) is 1. The maximum Gasteiger partial charge on any atom is 0.286 e. The molecule has 1 fully saturated rings. The summed E-state index contributed by atoms with van der Waals surface area (Å²) in [4.78, 5) is 13.3. The molecule has 2 aromatic carbocycles. The summed E-state index contributed by atoms with van der Waals surface area (Å²) >= 11 is 12.3. The van der Waals surface area contributed by atoms with Crippen LogP contribution in [0.2, 0.25) is 10.0 Å². The van der Waals surface area contributed by atoms with Gasteiger partial charge in [-0.2, -0.15) is 5.10 Å². The monoisotopic (exact) mass is 456 g/mol. The van der Waals surface area contributed by atoms with Crippen LogP contribution >= 0.6 is 23.2 Å². The van der Waals surface area contributed by atoms with E-state index in [2.05, 4.69) is 5.43 Å². The first-order valence-corrected chi connectivity index (χ1v) is 11.2. The van der Waals surface area contributed by atoms with Gasteiger partial charge in [-0.3, -0.25) is 10.2 Å². The molecule has 0 aliphatic carbocycles. The largest absolute Gasteiger partial charge is 0.492 e. The summed E-state index contributed by atoms with van der Waals surface area (Å²) in [5.41, 5.74) is 6.85. The number of hydrazine groups is 1. The number of benzene rings is 2. The van der Waals surface area contributed by atoms with Gasteiger partial charge < -0.3 is 4.74 Å². The number of amides is 1. The summed E-state index contributed by atoms with van der Waals surface area (Å²) < 4.78 is 7.78. The minimum Gasteiger partial charge on any atom is -0.492 e. The number of halogens is 2. The van der Waals surface area contributed by atoms with Gasteiger partial charge in [-0.15, -0.1) is 0 Å². The molecule has 0 unspecified atom stereocenters. The maximum absolute atomic E-state index is 13.3. The van der Waals surface area contributed by atoms with E-state index in [1.807, 2.05) is 41.4 Å². The van der Waals surface area contributed by atoms with E-state index in [4.69, 9.17) is 33.0 Å². The number of fused-ring (bicyclic) bond motifs is 3. The fraction of sp³-hybridized carbons (Fsp3) is 0.304. The highest BCUT2D eigenvalue weighted by atomic mass is 35.5. The molecule has 0 saturated carbocycles. The van der Waals surface area contributed by atoms with Crippen LogP contribution in [0.15, 0.2) is 42.5 Å². The molecule has 8 heteroatoms. The average Bonchev–Trinajstić information content (AvgIpc) is 3.04. The van der Waals surface area contributed by atoms with Crippen LogP contribution in [0.5, 0.6) is 5.75 Å². The van der Waals surface area contributed by atoms with Gasteiger partial charge in [-0.1, -0.05) is 29.6 Å². The van der Waals surface area contributed by atoms with Crippen molar-refractivity contribution in [3.05, 3.63) is 63.8 Å². The van der Waals surface area contributed by atoms with Crippen LogP contribution in [0, 0.1) is 0 Å². The molecule has 6 nitrogen and oxygen atoms in total. The Hall–Kier alpha value is -2.54. The molecule has 1 aromatic heterocycles. The number of ether oxygens (including phenoxy) is 1. The van der Waals surface area contributed by atoms with Crippen molar-refractivity contribution in [2.75, 3.05) is 19.7 Å². The first kappa shape index (κ1) is 20.4. The van der Waals surface area contributed by atoms with Gasteiger partial charge in [0, 0.05) is 40.7 Å². The Labute approximate surface area is 190 Å². The quantitative estimate of drug-likeness (QED) is 0.607. The zero-order chi connectivity index (χ0) is 21.4.